The Morgan fingerprint density at radius 2 is 2.00 bits per heavy atom. The van der Waals surface area contributed by atoms with Crippen LogP contribution in [0.2, 0.25) is 0 Å². The molecule has 0 amide bonds. The second-order valence-corrected chi connectivity index (χ2v) is 3.90. The van der Waals surface area contributed by atoms with Gasteiger partial charge < -0.3 is 10.6 Å². The Bertz CT molecular complexity index is 290. The van der Waals surface area contributed by atoms with Gasteiger partial charge in [0.1, 0.15) is 0 Å². The minimum absolute atomic E-state index is 0.836. The van der Waals surface area contributed by atoms with Crippen LogP contribution in [0.1, 0.15) is 12.0 Å². The number of nitrogens with two attached hydrogens (primary N) is 1. The Labute approximate surface area is 92.4 Å². The Morgan fingerprint density at radius 1 is 1.33 bits per heavy atom. The summed E-state index contributed by atoms with van der Waals surface area (Å²) in [6, 6.07) is 8.12. The number of rotatable bonds is 6. The maximum atomic E-state index is 5.62. The van der Waals surface area contributed by atoms with Crippen LogP contribution in [-0.4, -0.2) is 25.0 Å². The SMILES string of the molecule is C=CCN(C)CCCc1ccc(N)cc1. The van der Waals surface area contributed by atoms with Crippen LogP contribution in [0.25, 0.3) is 0 Å². The number of anilines is 1. The standard InChI is InChI=1S/C13H20N2/c1-3-10-15(2)11-4-5-12-6-8-13(14)9-7-12/h3,6-9H,1,4-5,10-11,14H2,2H3. The number of aryl methyl sites for hydroxylation is 1. The zero-order valence-electron chi connectivity index (χ0n) is 9.45. The van der Waals surface area contributed by atoms with Gasteiger partial charge in [-0.25, -0.2) is 0 Å². The van der Waals surface area contributed by atoms with Crippen molar-refractivity contribution in [1.29, 1.82) is 0 Å². The first-order chi connectivity index (χ1) is 7.22. The summed E-state index contributed by atoms with van der Waals surface area (Å²) >= 11 is 0. The van der Waals surface area contributed by atoms with Crippen LogP contribution < -0.4 is 5.73 Å². The summed E-state index contributed by atoms with van der Waals surface area (Å²) < 4.78 is 0. The molecule has 15 heavy (non-hydrogen) atoms. The van der Waals surface area contributed by atoms with E-state index in [4.69, 9.17) is 5.73 Å². The average molecular weight is 204 g/mol. The van der Waals surface area contributed by atoms with Gasteiger partial charge >= 0.3 is 0 Å². The van der Waals surface area contributed by atoms with Crippen molar-refractivity contribution >= 4 is 5.69 Å². The van der Waals surface area contributed by atoms with Gasteiger partial charge in [0, 0.05) is 12.2 Å². The molecule has 0 saturated heterocycles. The van der Waals surface area contributed by atoms with E-state index in [2.05, 4.69) is 30.7 Å². The smallest absolute Gasteiger partial charge is 0.0314 e. The average Bonchev–Trinajstić information content (AvgIpc) is 2.21. The second kappa shape index (κ2) is 6.25. The summed E-state index contributed by atoms with van der Waals surface area (Å²) in [6.45, 7) is 5.79. The first-order valence-corrected chi connectivity index (χ1v) is 5.36. The number of hydrogen-bond donors (Lipinski definition) is 1. The van der Waals surface area contributed by atoms with Crippen LogP contribution in [0.15, 0.2) is 36.9 Å². The quantitative estimate of drug-likeness (QED) is 0.569. The molecule has 1 rings (SSSR count). The maximum absolute atomic E-state index is 5.62. The van der Waals surface area contributed by atoms with E-state index in [0.717, 1.165) is 25.2 Å². The minimum Gasteiger partial charge on any atom is -0.399 e. The Kier molecular flexibility index (Phi) is 4.91. The minimum atomic E-state index is 0.836. The van der Waals surface area contributed by atoms with Crippen molar-refractivity contribution in [1.82, 2.24) is 4.90 Å². The zero-order chi connectivity index (χ0) is 11.1. The van der Waals surface area contributed by atoms with Gasteiger partial charge in [-0.1, -0.05) is 18.2 Å². The molecule has 2 heteroatoms. The Hall–Kier alpha value is -1.28. The third kappa shape index (κ3) is 4.66. The number of hydrogen-bond acceptors (Lipinski definition) is 2. The fourth-order valence-electron chi connectivity index (χ4n) is 1.55. The number of nitrogens with zero attached hydrogens (tertiary/aromatic N) is 1. The molecule has 2 nitrogen and oxygen atoms in total. The molecule has 0 aliphatic carbocycles. The third-order valence-electron chi connectivity index (χ3n) is 2.43. The molecule has 0 aromatic heterocycles. The molecule has 0 aliphatic heterocycles. The molecule has 0 saturated carbocycles. The highest BCUT2D eigenvalue weighted by molar-refractivity contribution is 5.39. The molecule has 0 radical (unpaired) electrons. The molecule has 0 aliphatic rings. The lowest BCUT2D eigenvalue weighted by Crippen LogP contribution is -2.19. The number of benzene rings is 1. The highest BCUT2D eigenvalue weighted by Crippen LogP contribution is 2.07. The summed E-state index contributed by atoms with van der Waals surface area (Å²) in [6.07, 6.45) is 4.22. The Balaban J connectivity index is 2.25. The Morgan fingerprint density at radius 3 is 2.60 bits per heavy atom. The van der Waals surface area contributed by atoms with Crippen LogP contribution in [0.3, 0.4) is 0 Å². The van der Waals surface area contributed by atoms with Gasteiger partial charge in [-0.05, 0) is 44.1 Å². The van der Waals surface area contributed by atoms with E-state index in [1.54, 1.807) is 0 Å². The van der Waals surface area contributed by atoms with Gasteiger partial charge in [-0.3, -0.25) is 0 Å². The molecule has 0 atom stereocenters. The molecular formula is C13H20N2. The molecule has 0 heterocycles. The summed E-state index contributed by atoms with van der Waals surface area (Å²) in [5, 5.41) is 0. The van der Waals surface area contributed by atoms with Crippen LogP contribution in [0, 0.1) is 0 Å². The molecule has 82 valence electrons. The summed E-state index contributed by atoms with van der Waals surface area (Å²) in [4.78, 5) is 2.27. The largest absolute Gasteiger partial charge is 0.399 e. The fourth-order valence-corrected chi connectivity index (χ4v) is 1.55. The van der Waals surface area contributed by atoms with Gasteiger partial charge in [-0.2, -0.15) is 0 Å². The summed E-state index contributed by atoms with van der Waals surface area (Å²) in [7, 11) is 2.12. The monoisotopic (exact) mass is 204 g/mol. The van der Waals surface area contributed by atoms with Crippen LogP contribution in [0.5, 0.6) is 0 Å². The molecular weight excluding hydrogens is 184 g/mol. The predicted molar refractivity (Wildman–Crippen MR) is 66.9 cm³/mol. The van der Waals surface area contributed by atoms with Crippen molar-refractivity contribution in [2.75, 3.05) is 25.9 Å². The van der Waals surface area contributed by atoms with E-state index >= 15 is 0 Å². The van der Waals surface area contributed by atoms with Crippen molar-refractivity contribution in [2.45, 2.75) is 12.8 Å². The van der Waals surface area contributed by atoms with Gasteiger partial charge in [0.25, 0.3) is 0 Å². The van der Waals surface area contributed by atoms with Crippen LogP contribution >= 0.6 is 0 Å². The normalized spacial score (nSPS) is 10.5. The number of nitrogen functional groups attached to an aromatic ring is 1. The first-order valence-electron chi connectivity index (χ1n) is 5.36. The summed E-state index contributed by atoms with van der Waals surface area (Å²) in [5.74, 6) is 0. The van der Waals surface area contributed by atoms with Crippen molar-refractivity contribution in [2.24, 2.45) is 0 Å². The number of likely N-dealkylation sites (N-methyl/N-ethyl adjacent to an activating group) is 1. The van der Waals surface area contributed by atoms with Crippen molar-refractivity contribution in [3.8, 4) is 0 Å². The van der Waals surface area contributed by atoms with Gasteiger partial charge in [0.15, 0.2) is 0 Å². The van der Waals surface area contributed by atoms with Crippen molar-refractivity contribution in [3.05, 3.63) is 42.5 Å². The molecule has 0 spiro atoms. The van der Waals surface area contributed by atoms with E-state index in [9.17, 15) is 0 Å². The highest BCUT2D eigenvalue weighted by Gasteiger charge is 1.96. The maximum Gasteiger partial charge on any atom is 0.0314 e. The zero-order valence-corrected chi connectivity index (χ0v) is 9.45. The van der Waals surface area contributed by atoms with E-state index in [1.165, 1.54) is 12.0 Å². The lowest BCUT2D eigenvalue weighted by molar-refractivity contribution is 0.364. The molecule has 0 unspecified atom stereocenters. The lowest BCUT2D eigenvalue weighted by Gasteiger charge is -2.13. The van der Waals surface area contributed by atoms with Gasteiger partial charge in [0.2, 0.25) is 0 Å². The van der Waals surface area contributed by atoms with E-state index in [-0.39, 0.29) is 0 Å². The molecule has 2 N–H and O–H groups in total. The fraction of sp³-hybridized carbons (Fsp3) is 0.385. The third-order valence-corrected chi connectivity index (χ3v) is 2.43. The molecule has 0 bridgehead atoms. The topological polar surface area (TPSA) is 29.3 Å². The van der Waals surface area contributed by atoms with Crippen molar-refractivity contribution in [3.63, 3.8) is 0 Å². The van der Waals surface area contributed by atoms with Gasteiger partial charge in [0.05, 0.1) is 0 Å². The molecule has 1 aromatic rings. The van der Waals surface area contributed by atoms with E-state index in [0.29, 0.717) is 0 Å². The lowest BCUT2D eigenvalue weighted by atomic mass is 10.1. The predicted octanol–water partition coefficient (Wildman–Crippen LogP) is 2.32. The van der Waals surface area contributed by atoms with Gasteiger partial charge in [-0.15, -0.1) is 6.58 Å². The molecule has 0 fully saturated rings. The molecule has 1 aromatic carbocycles. The van der Waals surface area contributed by atoms with Crippen molar-refractivity contribution < 1.29 is 0 Å². The first kappa shape index (κ1) is 11.8. The van der Waals surface area contributed by atoms with Crippen LogP contribution in [0.4, 0.5) is 5.69 Å². The van der Waals surface area contributed by atoms with E-state index in [1.807, 2.05) is 18.2 Å². The van der Waals surface area contributed by atoms with E-state index < -0.39 is 0 Å². The second-order valence-electron chi connectivity index (χ2n) is 3.90. The summed E-state index contributed by atoms with van der Waals surface area (Å²) in [5.41, 5.74) is 7.82. The highest BCUT2D eigenvalue weighted by atomic mass is 15.1. The van der Waals surface area contributed by atoms with Crippen LogP contribution in [-0.2, 0) is 6.42 Å².